The minimum Gasteiger partial charge on any atom is -0.349 e. The Bertz CT molecular complexity index is 327. The number of amides is 1. The molecule has 1 aromatic heterocycles. The van der Waals surface area contributed by atoms with Crippen LogP contribution in [0, 0.1) is 5.41 Å². The molecular weight excluding hydrogens is 188 g/mol. The van der Waals surface area contributed by atoms with Gasteiger partial charge in [0.05, 0.1) is 0 Å². The molecule has 1 aromatic rings. The number of carbonyl (C=O) groups is 1. The first-order chi connectivity index (χ1) is 6.91. The van der Waals surface area contributed by atoms with Crippen LogP contribution in [-0.2, 0) is 0 Å². The van der Waals surface area contributed by atoms with E-state index in [9.17, 15) is 4.79 Å². The molecule has 1 atom stereocenters. The fraction of sp³-hybridized carbons (Fsp3) is 0.500. The van der Waals surface area contributed by atoms with E-state index in [0.717, 1.165) is 0 Å². The lowest BCUT2D eigenvalue weighted by atomic mass is 9.88. The van der Waals surface area contributed by atoms with Crippen LogP contribution in [0.15, 0.2) is 24.5 Å². The number of pyridine rings is 1. The highest BCUT2D eigenvalue weighted by molar-refractivity contribution is 5.94. The Labute approximate surface area is 90.9 Å². The molecule has 0 saturated heterocycles. The van der Waals surface area contributed by atoms with E-state index in [-0.39, 0.29) is 17.4 Å². The largest absolute Gasteiger partial charge is 0.349 e. The maximum Gasteiger partial charge on any atom is 0.251 e. The number of nitrogens with one attached hydrogen (secondary N) is 1. The maximum atomic E-state index is 11.8. The normalized spacial score (nSPS) is 13.3. The van der Waals surface area contributed by atoms with Gasteiger partial charge in [0.2, 0.25) is 0 Å². The van der Waals surface area contributed by atoms with Crippen molar-refractivity contribution in [3.8, 4) is 0 Å². The van der Waals surface area contributed by atoms with Crippen molar-refractivity contribution in [3.63, 3.8) is 0 Å². The third-order valence-corrected chi connectivity index (χ3v) is 2.59. The predicted octanol–water partition coefficient (Wildman–Crippen LogP) is 2.25. The van der Waals surface area contributed by atoms with Crippen molar-refractivity contribution in [3.05, 3.63) is 30.1 Å². The number of aromatic nitrogens is 1. The minimum absolute atomic E-state index is 0.0418. The molecule has 0 aliphatic rings. The van der Waals surface area contributed by atoms with Crippen molar-refractivity contribution in [2.75, 3.05) is 0 Å². The zero-order valence-corrected chi connectivity index (χ0v) is 9.74. The summed E-state index contributed by atoms with van der Waals surface area (Å²) in [5, 5.41) is 2.97. The third-order valence-electron chi connectivity index (χ3n) is 2.59. The van der Waals surface area contributed by atoms with Crippen LogP contribution in [0.4, 0.5) is 0 Å². The van der Waals surface area contributed by atoms with Crippen molar-refractivity contribution in [2.24, 2.45) is 5.41 Å². The van der Waals surface area contributed by atoms with E-state index in [1.807, 2.05) is 6.92 Å². The van der Waals surface area contributed by atoms with Gasteiger partial charge in [-0.25, -0.2) is 0 Å². The molecule has 15 heavy (non-hydrogen) atoms. The predicted molar refractivity (Wildman–Crippen MR) is 60.6 cm³/mol. The SMILES string of the molecule is C[C@H](NC(=O)c1ccncc1)C(C)(C)C. The quantitative estimate of drug-likeness (QED) is 0.806. The molecular formula is C12H18N2O. The van der Waals surface area contributed by atoms with Crippen LogP contribution in [0.3, 0.4) is 0 Å². The highest BCUT2D eigenvalue weighted by Crippen LogP contribution is 2.18. The molecule has 1 heterocycles. The zero-order valence-electron chi connectivity index (χ0n) is 9.74. The van der Waals surface area contributed by atoms with Crippen molar-refractivity contribution in [1.82, 2.24) is 10.3 Å². The molecule has 1 amide bonds. The Morgan fingerprint density at radius 1 is 1.33 bits per heavy atom. The topological polar surface area (TPSA) is 42.0 Å². The number of hydrogen-bond acceptors (Lipinski definition) is 2. The molecule has 82 valence electrons. The first kappa shape index (κ1) is 11.7. The lowest BCUT2D eigenvalue weighted by molar-refractivity contribution is 0.0910. The van der Waals surface area contributed by atoms with Gasteiger partial charge in [-0.15, -0.1) is 0 Å². The van der Waals surface area contributed by atoms with Gasteiger partial charge < -0.3 is 5.32 Å². The van der Waals surface area contributed by atoms with Crippen molar-refractivity contribution >= 4 is 5.91 Å². The number of hydrogen-bond donors (Lipinski definition) is 1. The molecule has 1 rings (SSSR count). The van der Waals surface area contributed by atoms with Gasteiger partial charge in [-0.1, -0.05) is 20.8 Å². The number of rotatable bonds is 2. The van der Waals surface area contributed by atoms with Crippen LogP contribution in [0.5, 0.6) is 0 Å². The maximum absolute atomic E-state index is 11.8. The Kier molecular flexibility index (Phi) is 3.45. The van der Waals surface area contributed by atoms with Gasteiger partial charge in [0.25, 0.3) is 5.91 Å². The molecule has 0 spiro atoms. The van der Waals surface area contributed by atoms with E-state index in [2.05, 4.69) is 31.1 Å². The molecule has 0 fully saturated rings. The van der Waals surface area contributed by atoms with Crippen LogP contribution in [0.1, 0.15) is 38.1 Å². The smallest absolute Gasteiger partial charge is 0.251 e. The molecule has 3 nitrogen and oxygen atoms in total. The molecule has 1 N–H and O–H groups in total. The highest BCUT2D eigenvalue weighted by atomic mass is 16.1. The fourth-order valence-electron chi connectivity index (χ4n) is 1.000. The average molecular weight is 206 g/mol. The van der Waals surface area contributed by atoms with Gasteiger partial charge in [0.15, 0.2) is 0 Å². The Morgan fingerprint density at radius 2 is 1.87 bits per heavy atom. The number of nitrogens with zero attached hydrogens (tertiary/aromatic N) is 1. The summed E-state index contributed by atoms with van der Waals surface area (Å²) >= 11 is 0. The second-order valence-electron chi connectivity index (χ2n) is 4.80. The van der Waals surface area contributed by atoms with Gasteiger partial charge in [-0.2, -0.15) is 0 Å². The minimum atomic E-state index is -0.0418. The van der Waals surface area contributed by atoms with E-state index in [4.69, 9.17) is 0 Å². The van der Waals surface area contributed by atoms with Gasteiger partial charge in [-0.3, -0.25) is 9.78 Å². The molecule has 0 saturated carbocycles. The fourth-order valence-corrected chi connectivity index (χ4v) is 1.000. The Morgan fingerprint density at radius 3 is 2.33 bits per heavy atom. The standard InChI is InChI=1S/C12H18N2O/c1-9(12(2,3)4)14-11(15)10-5-7-13-8-6-10/h5-9H,1-4H3,(H,14,15)/t9-/m0/s1. The Balaban J connectivity index is 2.65. The lowest BCUT2D eigenvalue weighted by Gasteiger charge is -2.28. The number of carbonyl (C=O) groups excluding carboxylic acids is 1. The van der Waals surface area contributed by atoms with Crippen molar-refractivity contribution < 1.29 is 4.79 Å². The molecule has 0 bridgehead atoms. The summed E-state index contributed by atoms with van der Waals surface area (Å²) in [4.78, 5) is 15.6. The monoisotopic (exact) mass is 206 g/mol. The molecule has 0 aliphatic carbocycles. The van der Waals surface area contributed by atoms with E-state index < -0.39 is 0 Å². The lowest BCUT2D eigenvalue weighted by Crippen LogP contribution is -2.41. The summed E-state index contributed by atoms with van der Waals surface area (Å²) < 4.78 is 0. The Hall–Kier alpha value is -1.38. The van der Waals surface area contributed by atoms with Gasteiger partial charge >= 0.3 is 0 Å². The summed E-state index contributed by atoms with van der Waals surface area (Å²) in [6, 6.07) is 3.56. The molecule has 0 aromatic carbocycles. The van der Waals surface area contributed by atoms with Gasteiger partial charge in [-0.05, 0) is 24.5 Å². The second kappa shape index (κ2) is 4.43. The summed E-state index contributed by atoms with van der Waals surface area (Å²) in [6.07, 6.45) is 3.24. The van der Waals surface area contributed by atoms with Crippen LogP contribution in [-0.4, -0.2) is 16.9 Å². The van der Waals surface area contributed by atoms with Gasteiger partial charge in [0.1, 0.15) is 0 Å². The van der Waals surface area contributed by atoms with Crippen LogP contribution >= 0.6 is 0 Å². The van der Waals surface area contributed by atoms with Crippen LogP contribution in [0.25, 0.3) is 0 Å². The average Bonchev–Trinajstić information content (AvgIpc) is 2.17. The van der Waals surface area contributed by atoms with E-state index in [0.29, 0.717) is 5.56 Å². The molecule has 0 aliphatic heterocycles. The first-order valence-corrected chi connectivity index (χ1v) is 5.12. The van der Waals surface area contributed by atoms with E-state index in [1.165, 1.54) is 0 Å². The van der Waals surface area contributed by atoms with E-state index >= 15 is 0 Å². The first-order valence-electron chi connectivity index (χ1n) is 5.12. The summed E-state index contributed by atoms with van der Waals surface area (Å²) in [7, 11) is 0. The van der Waals surface area contributed by atoms with Crippen LogP contribution in [0.2, 0.25) is 0 Å². The third kappa shape index (κ3) is 3.35. The summed E-state index contributed by atoms with van der Waals surface area (Å²) in [5.74, 6) is -0.0418. The van der Waals surface area contributed by atoms with Gasteiger partial charge in [0, 0.05) is 24.0 Å². The van der Waals surface area contributed by atoms with Crippen molar-refractivity contribution in [2.45, 2.75) is 33.7 Å². The highest BCUT2D eigenvalue weighted by Gasteiger charge is 2.21. The molecule has 0 unspecified atom stereocenters. The van der Waals surface area contributed by atoms with E-state index in [1.54, 1.807) is 24.5 Å². The van der Waals surface area contributed by atoms with Crippen LogP contribution < -0.4 is 5.32 Å². The molecule has 3 heteroatoms. The summed E-state index contributed by atoms with van der Waals surface area (Å²) in [5.41, 5.74) is 0.726. The molecule has 0 radical (unpaired) electrons. The summed E-state index contributed by atoms with van der Waals surface area (Å²) in [6.45, 7) is 8.32. The second-order valence-corrected chi connectivity index (χ2v) is 4.80. The zero-order chi connectivity index (χ0) is 11.5. The van der Waals surface area contributed by atoms with Crippen molar-refractivity contribution in [1.29, 1.82) is 0 Å².